The monoisotopic (exact) mass is 266 g/mol. The Balaban J connectivity index is 2.41. The van der Waals surface area contributed by atoms with E-state index in [4.69, 9.17) is 10.5 Å². The predicted molar refractivity (Wildman–Crippen MR) is 78.3 cm³/mol. The fourth-order valence-corrected chi connectivity index (χ4v) is 2.04. The molecule has 4 heteroatoms. The molecule has 108 valence electrons. The average Bonchev–Trinajstić information content (AvgIpc) is 2.76. The van der Waals surface area contributed by atoms with Gasteiger partial charge in [-0.1, -0.05) is 32.6 Å². The van der Waals surface area contributed by atoms with E-state index in [9.17, 15) is 4.79 Å². The fraction of sp³-hybridized carbons (Fsp3) is 0.667. The molecular formula is C15H26N2O2. The molecule has 0 aliphatic carbocycles. The Labute approximate surface area is 115 Å². The first-order valence-electron chi connectivity index (χ1n) is 7.20. The van der Waals surface area contributed by atoms with Crippen molar-refractivity contribution >= 4 is 11.7 Å². The number of carbonyl (C=O) groups excluding carboxylic acids is 1. The minimum absolute atomic E-state index is 0.199. The first-order chi connectivity index (χ1) is 9.06. The third-order valence-electron chi connectivity index (χ3n) is 3.12. The van der Waals surface area contributed by atoms with Gasteiger partial charge in [-0.3, -0.25) is 0 Å². The van der Waals surface area contributed by atoms with Gasteiger partial charge in [-0.25, -0.2) is 4.79 Å². The lowest BCUT2D eigenvalue weighted by Crippen LogP contribution is -2.13. The Morgan fingerprint density at radius 1 is 1.32 bits per heavy atom. The second-order valence-electron chi connectivity index (χ2n) is 5.21. The second kappa shape index (κ2) is 7.87. The van der Waals surface area contributed by atoms with Crippen molar-refractivity contribution < 1.29 is 9.53 Å². The van der Waals surface area contributed by atoms with Gasteiger partial charge < -0.3 is 15.0 Å². The van der Waals surface area contributed by atoms with Gasteiger partial charge in [0.15, 0.2) is 0 Å². The highest BCUT2D eigenvalue weighted by Gasteiger charge is 2.15. The standard InChI is InChI=1S/C15H26N2O2/c1-4-5-6-7-8-9-19-15(18)14-10-13(16)11-17(14)12(2)3/h10-12H,4-9,16H2,1-3H3. The summed E-state index contributed by atoms with van der Waals surface area (Å²) in [6.45, 7) is 6.71. The van der Waals surface area contributed by atoms with E-state index in [0.29, 0.717) is 18.0 Å². The van der Waals surface area contributed by atoms with E-state index < -0.39 is 0 Å². The van der Waals surface area contributed by atoms with Crippen LogP contribution in [0.3, 0.4) is 0 Å². The summed E-state index contributed by atoms with van der Waals surface area (Å²) in [5, 5.41) is 0. The molecule has 0 spiro atoms. The number of aromatic nitrogens is 1. The van der Waals surface area contributed by atoms with Crippen molar-refractivity contribution in [2.75, 3.05) is 12.3 Å². The molecule has 0 aliphatic heterocycles. The molecule has 1 heterocycles. The van der Waals surface area contributed by atoms with Crippen molar-refractivity contribution in [3.8, 4) is 0 Å². The molecule has 0 amide bonds. The van der Waals surface area contributed by atoms with Gasteiger partial charge in [0.1, 0.15) is 5.69 Å². The molecule has 0 aliphatic rings. The van der Waals surface area contributed by atoms with Crippen molar-refractivity contribution in [1.82, 2.24) is 4.57 Å². The largest absolute Gasteiger partial charge is 0.461 e. The Kier molecular flexibility index (Phi) is 6.46. The summed E-state index contributed by atoms with van der Waals surface area (Å²) < 4.78 is 7.15. The zero-order valence-electron chi connectivity index (χ0n) is 12.3. The number of hydrogen-bond acceptors (Lipinski definition) is 3. The van der Waals surface area contributed by atoms with E-state index in [-0.39, 0.29) is 12.0 Å². The third-order valence-corrected chi connectivity index (χ3v) is 3.12. The van der Waals surface area contributed by atoms with E-state index in [2.05, 4.69) is 6.92 Å². The molecule has 1 aromatic rings. The minimum atomic E-state index is -0.277. The summed E-state index contributed by atoms with van der Waals surface area (Å²) in [4.78, 5) is 12.0. The number of hydrogen-bond donors (Lipinski definition) is 1. The van der Waals surface area contributed by atoms with Crippen LogP contribution >= 0.6 is 0 Å². The normalized spacial score (nSPS) is 10.9. The number of unbranched alkanes of at least 4 members (excludes halogenated alkanes) is 4. The van der Waals surface area contributed by atoms with Gasteiger partial charge in [0, 0.05) is 12.2 Å². The van der Waals surface area contributed by atoms with Gasteiger partial charge >= 0.3 is 5.97 Å². The molecule has 0 bridgehead atoms. The highest BCUT2D eigenvalue weighted by molar-refractivity contribution is 5.89. The highest BCUT2D eigenvalue weighted by Crippen LogP contribution is 2.17. The number of rotatable bonds is 8. The van der Waals surface area contributed by atoms with Gasteiger partial charge in [0.25, 0.3) is 0 Å². The molecule has 1 aromatic heterocycles. The van der Waals surface area contributed by atoms with Crippen LogP contribution in [0.2, 0.25) is 0 Å². The van der Waals surface area contributed by atoms with Gasteiger partial charge in [-0.15, -0.1) is 0 Å². The summed E-state index contributed by atoms with van der Waals surface area (Å²) >= 11 is 0. The SMILES string of the molecule is CCCCCCCOC(=O)c1cc(N)cn1C(C)C. The lowest BCUT2D eigenvalue weighted by atomic mass is 10.2. The highest BCUT2D eigenvalue weighted by atomic mass is 16.5. The molecule has 0 aromatic carbocycles. The maximum absolute atomic E-state index is 12.0. The lowest BCUT2D eigenvalue weighted by molar-refractivity contribution is 0.0483. The number of nitrogen functional groups attached to an aromatic ring is 1. The third kappa shape index (κ3) is 4.97. The summed E-state index contributed by atoms with van der Waals surface area (Å²) in [6, 6.07) is 1.88. The number of anilines is 1. The maximum Gasteiger partial charge on any atom is 0.355 e. The number of ether oxygens (including phenoxy) is 1. The first-order valence-corrected chi connectivity index (χ1v) is 7.20. The Morgan fingerprint density at radius 2 is 2.00 bits per heavy atom. The van der Waals surface area contributed by atoms with Crippen molar-refractivity contribution in [3.63, 3.8) is 0 Å². The quantitative estimate of drug-likeness (QED) is 0.575. The molecule has 0 saturated heterocycles. The van der Waals surface area contributed by atoms with E-state index in [1.54, 1.807) is 12.3 Å². The molecule has 0 unspecified atom stereocenters. The number of carbonyl (C=O) groups is 1. The average molecular weight is 266 g/mol. The van der Waals surface area contributed by atoms with Gasteiger partial charge in [-0.05, 0) is 26.3 Å². The number of nitrogens with zero attached hydrogens (tertiary/aromatic N) is 1. The minimum Gasteiger partial charge on any atom is -0.461 e. The van der Waals surface area contributed by atoms with E-state index in [0.717, 1.165) is 12.8 Å². The van der Waals surface area contributed by atoms with Crippen molar-refractivity contribution in [2.24, 2.45) is 0 Å². The predicted octanol–water partition coefficient (Wildman–Crippen LogP) is 3.78. The molecule has 19 heavy (non-hydrogen) atoms. The Hall–Kier alpha value is -1.45. The topological polar surface area (TPSA) is 57.2 Å². The van der Waals surface area contributed by atoms with E-state index in [1.165, 1.54) is 19.3 Å². The van der Waals surface area contributed by atoms with Crippen LogP contribution in [0.4, 0.5) is 5.69 Å². The summed E-state index contributed by atoms with van der Waals surface area (Å²) in [5.41, 5.74) is 6.88. The second-order valence-corrected chi connectivity index (χ2v) is 5.21. The van der Waals surface area contributed by atoms with Crippen LogP contribution in [-0.4, -0.2) is 17.1 Å². The summed E-state index contributed by atoms with van der Waals surface area (Å²) in [7, 11) is 0. The van der Waals surface area contributed by atoms with Gasteiger partial charge in [0.05, 0.1) is 12.3 Å². The summed E-state index contributed by atoms with van der Waals surface area (Å²) in [5.74, 6) is -0.277. The van der Waals surface area contributed by atoms with Gasteiger partial charge in [0.2, 0.25) is 0 Å². The zero-order chi connectivity index (χ0) is 14.3. The molecule has 0 fully saturated rings. The van der Waals surface area contributed by atoms with Crippen LogP contribution in [0.15, 0.2) is 12.3 Å². The molecular weight excluding hydrogens is 240 g/mol. The molecule has 2 N–H and O–H groups in total. The number of nitrogens with two attached hydrogens (primary N) is 1. The van der Waals surface area contributed by atoms with Crippen LogP contribution in [-0.2, 0) is 4.74 Å². The van der Waals surface area contributed by atoms with Crippen LogP contribution in [0, 0.1) is 0 Å². The van der Waals surface area contributed by atoms with Crippen LogP contribution < -0.4 is 5.73 Å². The fourth-order valence-electron chi connectivity index (χ4n) is 2.04. The number of esters is 1. The molecule has 0 atom stereocenters. The van der Waals surface area contributed by atoms with E-state index in [1.807, 2.05) is 18.4 Å². The van der Waals surface area contributed by atoms with Crippen LogP contribution in [0.5, 0.6) is 0 Å². The maximum atomic E-state index is 12.0. The van der Waals surface area contributed by atoms with Crippen molar-refractivity contribution in [3.05, 3.63) is 18.0 Å². The van der Waals surface area contributed by atoms with Crippen LogP contribution in [0.1, 0.15) is 69.4 Å². The zero-order valence-corrected chi connectivity index (χ0v) is 12.3. The summed E-state index contributed by atoms with van der Waals surface area (Å²) in [6.07, 6.45) is 7.52. The van der Waals surface area contributed by atoms with Crippen molar-refractivity contribution in [2.45, 2.75) is 58.9 Å². The Morgan fingerprint density at radius 3 is 2.63 bits per heavy atom. The molecule has 0 saturated carbocycles. The van der Waals surface area contributed by atoms with E-state index >= 15 is 0 Å². The van der Waals surface area contributed by atoms with Crippen molar-refractivity contribution in [1.29, 1.82) is 0 Å². The smallest absolute Gasteiger partial charge is 0.355 e. The van der Waals surface area contributed by atoms with Crippen LogP contribution in [0.25, 0.3) is 0 Å². The molecule has 0 radical (unpaired) electrons. The lowest BCUT2D eigenvalue weighted by Gasteiger charge is -2.12. The molecule has 4 nitrogen and oxygen atoms in total. The Bertz CT molecular complexity index is 397. The van der Waals surface area contributed by atoms with Gasteiger partial charge in [-0.2, -0.15) is 0 Å². The molecule has 1 rings (SSSR count). The first kappa shape index (κ1) is 15.6.